The Morgan fingerprint density at radius 2 is 2.12 bits per heavy atom. The fourth-order valence-electron chi connectivity index (χ4n) is 4.25. The van der Waals surface area contributed by atoms with Gasteiger partial charge in [-0.15, -0.1) is 0 Å². The van der Waals surface area contributed by atoms with Crippen molar-refractivity contribution < 1.29 is 9.18 Å². The third kappa shape index (κ3) is 1.93. The first-order chi connectivity index (χ1) is 12.4. The molecule has 1 aromatic heterocycles. The summed E-state index contributed by atoms with van der Waals surface area (Å²) >= 11 is 12.3. The number of carbonyl (C=O) groups excluding carboxylic acids is 1. The largest absolute Gasteiger partial charge is 0.355 e. The molecule has 1 amide bonds. The van der Waals surface area contributed by atoms with Crippen LogP contribution in [0, 0.1) is 5.82 Å². The average Bonchev–Trinajstić information content (AvgIpc) is 3.09. The number of nitrogens with one attached hydrogen (secondary N) is 2. The van der Waals surface area contributed by atoms with Crippen molar-refractivity contribution in [1.29, 1.82) is 0 Å². The third-order valence-corrected chi connectivity index (χ3v) is 5.88. The molecule has 7 heteroatoms. The molecule has 5 rings (SSSR count). The molecule has 4 nitrogen and oxygen atoms in total. The van der Waals surface area contributed by atoms with Crippen LogP contribution >= 0.6 is 23.2 Å². The number of nitrogens with zero attached hydrogens (tertiary/aromatic N) is 1. The number of H-pyrrole nitrogens is 1. The summed E-state index contributed by atoms with van der Waals surface area (Å²) < 4.78 is 14.1. The lowest BCUT2D eigenvalue weighted by Gasteiger charge is -2.45. The van der Waals surface area contributed by atoms with Gasteiger partial charge >= 0.3 is 0 Å². The quantitative estimate of drug-likeness (QED) is 0.713. The van der Waals surface area contributed by atoms with Gasteiger partial charge in [-0.2, -0.15) is 0 Å². The molecule has 132 valence electrons. The lowest BCUT2D eigenvalue weighted by molar-refractivity contribution is -0.129. The molecular weight excluding hydrogens is 376 g/mol. The molecule has 3 aliphatic rings. The minimum Gasteiger partial charge on any atom is -0.355 e. The van der Waals surface area contributed by atoms with Crippen LogP contribution < -0.4 is 5.32 Å². The van der Waals surface area contributed by atoms with Gasteiger partial charge in [-0.1, -0.05) is 23.2 Å². The first kappa shape index (κ1) is 16.0. The van der Waals surface area contributed by atoms with Gasteiger partial charge in [0.15, 0.2) is 5.54 Å². The maximum atomic E-state index is 14.1. The highest BCUT2D eigenvalue weighted by molar-refractivity contribution is 6.31. The lowest BCUT2D eigenvalue weighted by Crippen LogP contribution is -2.56. The zero-order valence-electron chi connectivity index (χ0n) is 13.7. The van der Waals surface area contributed by atoms with Crippen LogP contribution in [0.25, 0.3) is 10.9 Å². The van der Waals surface area contributed by atoms with Crippen molar-refractivity contribution in [3.05, 3.63) is 69.4 Å². The van der Waals surface area contributed by atoms with Crippen LogP contribution in [0.5, 0.6) is 0 Å². The smallest absolute Gasteiger partial charge is 0.260 e. The molecule has 1 aromatic carbocycles. The number of rotatable bonds is 0. The van der Waals surface area contributed by atoms with Crippen molar-refractivity contribution in [2.24, 2.45) is 0 Å². The van der Waals surface area contributed by atoms with E-state index >= 15 is 0 Å². The monoisotopic (exact) mass is 389 g/mol. The van der Waals surface area contributed by atoms with Gasteiger partial charge < -0.3 is 15.2 Å². The summed E-state index contributed by atoms with van der Waals surface area (Å²) in [6, 6.07) is 3.00. The zero-order chi connectivity index (χ0) is 18.2. The Bertz CT molecular complexity index is 1080. The molecule has 0 saturated heterocycles. The standard InChI is InChI=1S/C19H14Cl2FN3O/c1-9-4-13-12-5-15(22)14(21)6-16(12)24-17(13)19-7-11(23-18(19)26)3-2-10(20)8-25(9)19/h2-3,5-9,24H,4H2,1H3,(H,23,26)/b3-2-,10-8+. The van der Waals surface area contributed by atoms with E-state index in [1.165, 1.54) is 6.07 Å². The van der Waals surface area contributed by atoms with Gasteiger partial charge in [-0.3, -0.25) is 4.79 Å². The fraction of sp³-hybridized carbons (Fsp3) is 0.211. The van der Waals surface area contributed by atoms with E-state index < -0.39 is 11.4 Å². The minimum absolute atomic E-state index is 0.0122. The molecule has 0 aliphatic carbocycles. The molecule has 0 saturated carbocycles. The lowest BCUT2D eigenvalue weighted by atomic mass is 9.82. The minimum atomic E-state index is -1.05. The van der Waals surface area contributed by atoms with Crippen LogP contribution in [0.1, 0.15) is 18.2 Å². The van der Waals surface area contributed by atoms with Gasteiger partial charge in [0.1, 0.15) is 5.82 Å². The number of hydrogen-bond donors (Lipinski definition) is 2. The van der Waals surface area contributed by atoms with Crippen LogP contribution in [0.15, 0.2) is 47.3 Å². The second kappa shape index (κ2) is 5.15. The van der Waals surface area contributed by atoms with Crippen molar-refractivity contribution in [3.8, 4) is 0 Å². The van der Waals surface area contributed by atoms with Gasteiger partial charge in [-0.05, 0) is 49.3 Å². The summed E-state index contributed by atoms with van der Waals surface area (Å²) in [5.74, 6) is -0.630. The molecule has 0 radical (unpaired) electrons. The van der Waals surface area contributed by atoms with E-state index in [0.29, 0.717) is 22.7 Å². The maximum Gasteiger partial charge on any atom is 0.260 e. The molecule has 2 atom stereocenters. The second-order valence-corrected chi connectivity index (χ2v) is 7.76. The Labute approximate surface area is 158 Å². The average molecular weight is 390 g/mol. The van der Waals surface area contributed by atoms with Gasteiger partial charge in [0, 0.05) is 28.8 Å². The van der Waals surface area contributed by atoms with Gasteiger partial charge in [0.25, 0.3) is 5.91 Å². The molecule has 3 aliphatic heterocycles. The topological polar surface area (TPSA) is 48.1 Å². The summed E-state index contributed by atoms with van der Waals surface area (Å²) in [6.07, 6.45) is 7.88. The van der Waals surface area contributed by atoms with E-state index in [0.717, 1.165) is 16.6 Å². The van der Waals surface area contributed by atoms with E-state index in [1.807, 2.05) is 17.9 Å². The van der Waals surface area contributed by atoms with E-state index in [2.05, 4.69) is 10.3 Å². The summed E-state index contributed by atoms with van der Waals surface area (Å²) in [5, 5.41) is 4.26. The normalized spacial score (nSPS) is 29.9. The number of allylic oxidation sites excluding steroid dienone is 3. The van der Waals surface area contributed by atoms with Crippen LogP contribution in [-0.4, -0.2) is 21.8 Å². The van der Waals surface area contributed by atoms with Crippen LogP contribution in [0.2, 0.25) is 5.02 Å². The molecule has 2 unspecified atom stereocenters. The fourth-order valence-corrected chi connectivity index (χ4v) is 4.58. The number of aromatic nitrogens is 1. The summed E-state index contributed by atoms with van der Waals surface area (Å²) in [6.45, 7) is 2.03. The molecule has 0 fully saturated rings. The van der Waals surface area contributed by atoms with Gasteiger partial charge in [-0.25, -0.2) is 4.39 Å². The molecule has 4 heterocycles. The van der Waals surface area contributed by atoms with Crippen molar-refractivity contribution in [2.45, 2.75) is 24.9 Å². The van der Waals surface area contributed by atoms with Crippen molar-refractivity contribution >= 4 is 40.0 Å². The molecule has 2 aromatic rings. The number of benzene rings is 1. The first-order valence-corrected chi connectivity index (χ1v) is 9.04. The van der Waals surface area contributed by atoms with Crippen LogP contribution in [0.3, 0.4) is 0 Å². The molecule has 1 spiro atoms. The molecule has 2 bridgehead atoms. The Morgan fingerprint density at radius 3 is 2.92 bits per heavy atom. The van der Waals surface area contributed by atoms with Crippen LogP contribution in [-0.2, 0) is 16.8 Å². The van der Waals surface area contributed by atoms with Crippen molar-refractivity contribution in [3.63, 3.8) is 0 Å². The molecule has 2 N–H and O–H groups in total. The van der Waals surface area contributed by atoms with Crippen LogP contribution in [0.4, 0.5) is 4.39 Å². The van der Waals surface area contributed by atoms with E-state index in [-0.39, 0.29) is 17.0 Å². The molecular formula is C19H14Cl2FN3O. The first-order valence-electron chi connectivity index (χ1n) is 8.28. The number of aromatic amines is 1. The van der Waals surface area contributed by atoms with Gasteiger partial charge in [0.05, 0.1) is 15.7 Å². The number of hydrogen-bond acceptors (Lipinski definition) is 2. The van der Waals surface area contributed by atoms with E-state index in [9.17, 15) is 9.18 Å². The Kier molecular flexibility index (Phi) is 3.16. The number of carbonyl (C=O) groups is 1. The SMILES string of the molecule is CC1Cc2c([nH]c3cc(Cl)c(F)cc23)C23C=C(/C=C\C(Cl)=C/N12)NC3=O. The number of amides is 1. The second-order valence-electron chi connectivity index (χ2n) is 6.92. The summed E-state index contributed by atoms with van der Waals surface area (Å²) in [7, 11) is 0. The van der Waals surface area contributed by atoms with Crippen molar-refractivity contribution in [1.82, 2.24) is 15.2 Å². The Hall–Kier alpha value is -2.24. The highest BCUT2D eigenvalue weighted by atomic mass is 35.5. The van der Waals surface area contributed by atoms with Crippen molar-refractivity contribution in [2.75, 3.05) is 0 Å². The van der Waals surface area contributed by atoms with E-state index in [1.54, 1.807) is 24.4 Å². The summed E-state index contributed by atoms with van der Waals surface area (Å²) in [5.41, 5.74) is 2.02. The van der Waals surface area contributed by atoms with Gasteiger partial charge in [0.2, 0.25) is 0 Å². The number of fused-ring (bicyclic) bond motifs is 3. The summed E-state index contributed by atoms with van der Waals surface area (Å²) in [4.78, 5) is 18.4. The predicted octanol–water partition coefficient (Wildman–Crippen LogP) is 4.07. The Balaban J connectivity index is 1.87. The predicted molar refractivity (Wildman–Crippen MR) is 99.3 cm³/mol. The number of halogens is 3. The highest BCUT2D eigenvalue weighted by Crippen LogP contribution is 2.46. The van der Waals surface area contributed by atoms with E-state index in [4.69, 9.17) is 23.2 Å². The zero-order valence-corrected chi connectivity index (χ0v) is 15.2. The Morgan fingerprint density at radius 1 is 1.31 bits per heavy atom. The molecule has 26 heavy (non-hydrogen) atoms. The third-order valence-electron chi connectivity index (χ3n) is 5.36. The highest BCUT2D eigenvalue weighted by Gasteiger charge is 2.54. The maximum absolute atomic E-state index is 14.1.